The zero-order valence-electron chi connectivity index (χ0n) is 18.9. The second-order valence-corrected chi connectivity index (χ2v) is 7.39. The first kappa shape index (κ1) is 23.0. The lowest BCUT2D eigenvalue weighted by Crippen LogP contribution is -2.22. The molecule has 3 rings (SSSR count). The zero-order valence-corrected chi connectivity index (χ0v) is 19.7. The first-order chi connectivity index (χ1) is 15.0. The van der Waals surface area contributed by atoms with Gasteiger partial charge in [0.15, 0.2) is 0 Å². The van der Waals surface area contributed by atoms with Gasteiger partial charge in [0.25, 0.3) is 0 Å². The van der Waals surface area contributed by atoms with Crippen LogP contribution >= 0.6 is 11.6 Å². The Labute approximate surface area is 188 Å². The van der Waals surface area contributed by atoms with Crippen LogP contribution in [-0.2, 0) is 11.3 Å². The van der Waals surface area contributed by atoms with Crippen molar-refractivity contribution in [3.05, 3.63) is 40.9 Å². The van der Waals surface area contributed by atoms with Gasteiger partial charge in [-0.2, -0.15) is 0 Å². The lowest BCUT2D eigenvalue weighted by molar-refractivity contribution is 0.184. The molecule has 7 heteroatoms. The molecule has 31 heavy (non-hydrogen) atoms. The summed E-state index contributed by atoms with van der Waals surface area (Å²) in [4.78, 5) is 7.21. The van der Waals surface area contributed by atoms with Gasteiger partial charge in [0.1, 0.15) is 22.8 Å². The van der Waals surface area contributed by atoms with E-state index in [1.807, 2.05) is 30.3 Å². The Kier molecular flexibility index (Phi) is 7.46. The average Bonchev–Trinajstić information content (AvgIpc) is 2.79. The fourth-order valence-electron chi connectivity index (χ4n) is 3.82. The Morgan fingerprint density at radius 3 is 2.00 bits per heavy atom. The van der Waals surface area contributed by atoms with E-state index in [4.69, 9.17) is 35.5 Å². The van der Waals surface area contributed by atoms with E-state index in [1.54, 1.807) is 28.4 Å². The highest BCUT2D eigenvalue weighted by molar-refractivity contribution is 6.34. The van der Waals surface area contributed by atoms with Gasteiger partial charge < -0.3 is 23.8 Å². The van der Waals surface area contributed by atoms with Crippen molar-refractivity contribution < 1.29 is 18.9 Å². The van der Waals surface area contributed by atoms with Gasteiger partial charge >= 0.3 is 0 Å². The molecule has 6 nitrogen and oxygen atoms in total. The lowest BCUT2D eigenvalue weighted by atomic mass is 10.0. The van der Waals surface area contributed by atoms with Gasteiger partial charge in [0.2, 0.25) is 0 Å². The zero-order chi connectivity index (χ0) is 22.5. The number of hydrogen-bond donors (Lipinski definition) is 0. The molecule has 0 radical (unpaired) electrons. The number of aromatic nitrogens is 1. The van der Waals surface area contributed by atoms with Crippen LogP contribution in [0, 0.1) is 0 Å². The van der Waals surface area contributed by atoms with E-state index in [2.05, 4.69) is 18.7 Å². The van der Waals surface area contributed by atoms with Crippen LogP contribution in [0.4, 0.5) is 5.69 Å². The Morgan fingerprint density at radius 2 is 1.48 bits per heavy atom. The van der Waals surface area contributed by atoms with Crippen molar-refractivity contribution in [1.82, 2.24) is 4.98 Å². The molecule has 1 aromatic heterocycles. The first-order valence-corrected chi connectivity index (χ1v) is 10.6. The molecule has 0 atom stereocenters. The fraction of sp³-hybridized carbons (Fsp3) is 0.375. The Hall–Kier alpha value is -2.70. The number of methoxy groups -OCH3 is 4. The molecule has 0 spiro atoms. The van der Waals surface area contributed by atoms with Crippen LogP contribution in [0.1, 0.15) is 19.4 Å². The third-order valence-electron chi connectivity index (χ3n) is 5.32. The molecule has 0 amide bonds. The second-order valence-electron chi connectivity index (χ2n) is 6.98. The predicted molar refractivity (Wildman–Crippen MR) is 126 cm³/mol. The van der Waals surface area contributed by atoms with E-state index in [0.29, 0.717) is 40.1 Å². The minimum absolute atomic E-state index is 0.437. The molecule has 0 aliphatic rings. The molecule has 166 valence electrons. The van der Waals surface area contributed by atoms with E-state index in [9.17, 15) is 0 Å². The monoisotopic (exact) mass is 444 g/mol. The molecule has 3 aromatic rings. The maximum absolute atomic E-state index is 6.80. The van der Waals surface area contributed by atoms with Gasteiger partial charge in [-0.25, -0.2) is 4.98 Å². The summed E-state index contributed by atoms with van der Waals surface area (Å²) >= 11 is 6.80. The molecular formula is C24H29ClN2O4. The Morgan fingerprint density at radius 1 is 0.871 bits per heavy atom. The second kappa shape index (κ2) is 10.1. The maximum atomic E-state index is 6.80. The number of rotatable bonds is 9. The van der Waals surface area contributed by atoms with Crippen molar-refractivity contribution in [1.29, 1.82) is 0 Å². The number of nitrogens with zero attached hydrogens (tertiary/aromatic N) is 2. The van der Waals surface area contributed by atoms with Crippen LogP contribution in [0.5, 0.6) is 17.2 Å². The SMILES string of the molecule is CCN(CC)c1ccc(OC)c2nc(-c3c(OC)cc(COC)cc3OC)c(Cl)cc12. The lowest BCUT2D eigenvalue weighted by Gasteiger charge is -2.24. The van der Waals surface area contributed by atoms with Crippen molar-refractivity contribution in [2.24, 2.45) is 0 Å². The topological polar surface area (TPSA) is 53.1 Å². The van der Waals surface area contributed by atoms with Crippen LogP contribution in [-0.4, -0.2) is 46.5 Å². The van der Waals surface area contributed by atoms with Crippen molar-refractivity contribution in [3.63, 3.8) is 0 Å². The molecule has 0 fully saturated rings. The summed E-state index contributed by atoms with van der Waals surface area (Å²) in [5.41, 5.74) is 3.99. The predicted octanol–water partition coefficient (Wildman–Crippen LogP) is 5.57. The number of ether oxygens (including phenoxy) is 4. The third-order valence-corrected chi connectivity index (χ3v) is 5.60. The largest absolute Gasteiger partial charge is 0.496 e. The van der Waals surface area contributed by atoms with E-state index in [1.165, 1.54) is 0 Å². The van der Waals surface area contributed by atoms with Crippen LogP contribution in [0.2, 0.25) is 5.02 Å². The number of anilines is 1. The van der Waals surface area contributed by atoms with E-state index < -0.39 is 0 Å². The molecule has 0 saturated heterocycles. The molecule has 0 aliphatic carbocycles. The van der Waals surface area contributed by atoms with Crippen LogP contribution in [0.25, 0.3) is 22.2 Å². The quantitative estimate of drug-likeness (QED) is 0.429. The number of pyridine rings is 1. The van der Waals surface area contributed by atoms with Crippen LogP contribution in [0.3, 0.4) is 0 Å². The van der Waals surface area contributed by atoms with Crippen molar-refractivity contribution in [2.75, 3.05) is 46.4 Å². The molecule has 0 N–H and O–H groups in total. The number of hydrogen-bond acceptors (Lipinski definition) is 6. The van der Waals surface area contributed by atoms with E-state index >= 15 is 0 Å². The summed E-state index contributed by atoms with van der Waals surface area (Å²) in [6, 6.07) is 9.75. The minimum atomic E-state index is 0.437. The number of fused-ring (bicyclic) bond motifs is 1. The van der Waals surface area contributed by atoms with Gasteiger partial charge in [-0.1, -0.05) is 11.6 Å². The summed E-state index contributed by atoms with van der Waals surface area (Å²) in [5.74, 6) is 1.90. The normalized spacial score (nSPS) is 10.9. The van der Waals surface area contributed by atoms with Gasteiger partial charge in [0.05, 0.1) is 44.2 Å². The van der Waals surface area contributed by atoms with Crippen molar-refractivity contribution >= 4 is 28.2 Å². The van der Waals surface area contributed by atoms with Crippen LogP contribution < -0.4 is 19.1 Å². The molecule has 1 heterocycles. The molecule has 0 saturated carbocycles. The summed E-state index contributed by atoms with van der Waals surface area (Å²) in [6.07, 6.45) is 0. The van der Waals surface area contributed by atoms with Gasteiger partial charge in [-0.15, -0.1) is 0 Å². The summed E-state index contributed by atoms with van der Waals surface area (Å²) in [7, 11) is 6.52. The molecule has 0 unspecified atom stereocenters. The van der Waals surface area contributed by atoms with Crippen molar-refractivity contribution in [3.8, 4) is 28.5 Å². The maximum Gasteiger partial charge on any atom is 0.145 e. The smallest absolute Gasteiger partial charge is 0.145 e. The van der Waals surface area contributed by atoms with Gasteiger partial charge in [0, 0.05) is 31.3 Å². The van der Waals surface area contributed by atoms with E-state index in [-0.39, 0.29) is 0 Å². The summed E-state index contributed by atoms with van der Waals surface area (Å²) in [5, 5.41) is 1.44. The number of benzene rings is 2. The highest BCUT2D eigenvalue weighted by Gasteiger charge is 2.22. The van der Waals surface area contributed by atoms with Gasteiger partial charge in [-0.3, -0.25) is 0 Å². The van der Waals surface area contributed by atoms with Crippen LogP contribution in [0.15, 0.2) is 30.3 Å². The van der Waals surface area contributed by atoms with Crippen molar-refractivity contribution in [2.45, 2.75) is 20.5 Å². The molecule has 2 aromatic carbocycles. The van der Waals surface area contributed by atoms with Gasteiger partial charge in [-0.05, 0) is 49.7 Å². The first-order valence-electron chi connectivity index (χ1n) is 10.2. The summed E-state index contributed by atoms with van der Waals surface area (Å²) < 4.78 is 22.2. The standard InChI is InChI=1S/C24H29ClN2O4/c1-7-27(8-2)18-9-10-19(29-4)23-16(18)13-17(25)24(26-23)22-20(30-5)11-15(14-28-3)12-21(22)31-6/h9-13H,7-8,14H2,1-6H3. The van der Waals surface area contributed by atoms with E-state index in [0.717, 1.165) is 35.2 Å². The highest BCUT2D eigenvalue weighted by atomic mass is 35.5. The average molecular weight is 445 g/mol. The highest BCUT2D eigenvalue weighted by Crippen LogP contribution is 2.44. The fourth-order valence-corrected chi connectivity index (χ4v) is 4.07. The third kappa shape index (κ3) is 4.36. The number of halogens is 1. The Balaban J connectivity index is 2.33. The Bertz CT molecular complexity index is 1040. The minimum Gasteiger partial charge on any atom is -0.496 e. The summed E-state index contributed by atoms with van der Waals surface area (Å²) in [6.45, 7) is 6.44. The molecule has 0 aliphatic heterocycles. The molecular weight excluding hydrogens is 416 g/mol. The molecule has 0 bridgehead atoms.